The number of hydrogen-bond acceptors (Lipinski definition) is 3. The fourth-order valence-electron chi connectivity index (χ4n) is 3.95. The fraction of sp³-hybridized carbons (Fsp3) is 0.500. The van der Waals surface area contributed by atoms with E-state index in [2.05, 4.69) is 0 Å². The summed E-state index contributed by atoms with van der Waals surface area (Å²) in [5.41, 5.74) is -1.30. The molecule has 1 N–H and O–H groups in total. The highest BCUT2D eigenvalue weighted by Crippen LogP contribution is 2.43. The number of carbonyl (C=O) groups excluding carboxylic acids is 2. The minimum atomic E-state index is -1.23. The molecule has 3 rings (SSSR count). The summed E-state index contributed by atoms with van der Waals surface area (Å²) in [6, 6.07) is 3.35. The monoisotopic (exact) mass is 381 g/mol. The van der Waals surface area contributed by atoms with Crippen LogP contribution in [0.1, 0.15) is 5.56 Å². The number of likely N-dealkylation sites (tertiary alicyclic amines) is 2. The van der Waals surface area contributed by atoms with E-state index < -0.39 is 34.8 Å². The quantitative estimate of drug-likeness (QED) is 0.848. The molecule has 1 aromatic rings. The Morgan fingerprint density at radius 1 is 1.19 bits per heavy atom. The number of halogens is 2. The van der Waals surface area contributed by atoms with Crippen molar-refractivity contribution in [3.05, 3.63) is 35.4 Å². The van der Waals surface area contributed by atoms with Crippen molar-refractivity contribution in [3.63, 3.8) is 0 Å². The molecule has 9 heteroatoms. The van der Waals surface area contributed by atoms with Gasteiger partial charge in [0.05, 0.1) is 6.42 Å². The third kappa shape index (κ3) is 3.22. The smallest absolute Gasteiger partial charge is 0.319 e. The zero-order valence-electron chi connectivity index (χ0n) is 15.1. The van der Waals surface area contributed by atoms with Crippen molar-refractivity contribution in [1.29, 1.82) is 0 Å². The molecule has 7 nitrogen and oxygen atoms in total. The van der Waals surface area contributed by atoms with E-state index in [1.165, 1.54) is 26.8 Å². The number of hydrogen-bond donors (Lipinski definition) is 1. The summed E-state index contributed by atoms with van der Waals surface area (Å²) in [6.45, 7) is 0.364. The van der Waals surface area contributed by atoms with Crippen LogP contribution in [0.4, 0.5) is 13.6 Å². The van der Waals surface area contributed by atoms with Gasteiger partial charge in [-0.15, -0.1) is 0 Å². The molecular formula is C18H21F2N3O4. The first kappa shape index (κ1) is 19.1. The first-order valence-corrected chi connectivity index (χ1v) is 8.56. The number of carboxylic acids is 1. The SMILES string of the molecule is CN(C)C(=O)N1C[C@@H]2CN(C(=O)Cc3cccc(F)c3F)C[C@]2(C(=O)O)C1. The Kier molecular flexibility index (Phi) is 4.79. The number of aliphatic carboxylic acids is 1. The summed E-state index contributed by atoms with van der Waals surface area (Å²) in [5.74, 6) is -4.02. The maximum absolute atomic E-state index is 13.8. The topological polar surface area (TPSA) is 81.2 Å². The molecular weight excluding hydrogens is 360 g/mol. The number of fused-ring (bicyclic) bond motifs is 1. The van der Waals surface area contributed by atoms with Gasteiger partial charge in [0.25, 0.3) is 0 Å². The third-order valence-corrected chi connectivity index (χ3v) is 5.41. The molecule has 2 saturated heterocycles. The molecule has 1 aromatic carbocycles. The first-order valence-electron chi connectivity index (χ1n) is 8.56. The Hall–Kier alpha value is -2.71. The van der Waals surface area contributed by atoms with E-state index in [0.29, 0.717) is 0 Å². The molecule has 0 radical (unpaired) electrons. The first-order chi connectivity index (χ1) is 12.7. The van der Waals surface area contributed by atoms with Gasteiger partial charge in [0.15, 0.2) is 11.6 Å². The lowest BCUT2D eigenvalue weighted by Crippen LogP contribution is -2.45. The molecule has 2 fully saturated rings. The van der Waals surface area contributed by atoms with Crippen LogP contribution in [-0.2, 0) is 16.0 Å². The van der Waals surface area contributed by atoms with E-state index in [4.69, 9.17) is 0 Å². The van der Waals surface area contributed by atoms with Crippen molar-refractivity contribution in [2.45, 2.75) is 6.42 Å². The molecule has 2 aliphatic heterocycles. The Balaban J connectivity index is 1.75. The van der Waals surface area contributed by atoms with Crippen molar-refractivity contribution in [2.75, 3.05) is 40.3 Å². The van der Waals surface area contributed by atoms with Gasteiger partial charge in [-0.1, -0.05) is 12.1 Å². The van der Waals surface area contributed by atoms with Gasteiger partial charge in [0.2, 0.25) is 5.91 Å². The highest BCUT2D eigenvalue weighted by molar-refractivity contribution is 5.84. The zero-order chi connectivity index (χ0) is 19.9. The Morgan fingerprint density at radius 3 is 2.41 bits per heavy atom. The molecule has 2 heterocycles. The molecule has 0 spiro atoms. The van der Waals surface area contributed by atoms with E-state index in [0.717, 1.165) is 6.07 Å². The number of rotatable bonds is 3. The third-order valence-electron chi connectivity index (χ3n) is 5.41. The van der Waals surface area contributed by atoms with Gasteiger partial charge >= 0.3 is 12.0 Å². The van der Waals surface area contributed by atoms with Crippen LogP contribution in [0.25, 0.3) is 0 Å². The van der Waals surface area contributed by atoms with Crippen LogP contribution in [0.3, 0.4) is 0 Å². The molecule has 27 heavy (non-hydrogen) atoms. The van der Waals surface area contributed by atoms with Crippen molar-refractivity contribution in [1.82, 2.24) is 14.7 Å². The van der Waals surface area contributed by atoms with Crippen molar-refractivity contribution in [3.8, 4) is 0 Å². The van der Waals surface area contributed by atoms with Gasteiger partial charge in [-0.2, -0.15) is 0 Å². The molecule has 0 aromatic heterocycles. The second-order valence-corrected chi connectivity index (χ2v) is 7.38. The summed E-state index contributed by atoms with van der Waals surface area (Å²) in [5, 5.41) is 9.78. The maximum atomic E-state index is 13.8. The van der Waals surface area contributed by atoms with E-state index in [9.17, 15) is 28.3 Å². The number of carboxylic acid groups (broad SMARTS) is 1. The standard InChI is InChI=1S/C18H21F2N3O4/c1-21(2)17(27)23-8-12-7-22(9-18(12,10-23)16(25)26)14(24)6-11-4-3-5-13(19)15(11)20/h3-5,12H,6-10H2,1-2H3,(H,25,26)/t12-,18-/m0/s1. The van der Waals surface area contributed by atoms with Gasteiger partial charge < -0.3 is 19.8 Å². The number of benzene rings is 1. The lowest BCUT2D eigenvalue weighted by molar-refractivity contribution is -0.149. The highest BCUT2D eigenvalue weighted by Gasteiger charge is 2.59. The second-order valence-electron chi connectivity index (χ2n) is 7.38. The molecule has 2 atom stereocenters. The maximum Gasteiger partial charge on any atom is 0.319 e. The molecule has 0 unspecified atom stereocenters. The number of urea groups is 1. The van der Waals surface area contributed by atoms with E-state index in [-0.39, 0.29) is 44.2 Å². The minimum Gasteiger partial charge on any atom is -0.481 e. The largest absolute Gasteiger partial charge is 0.481 e. The van der Waals surface area contributed by atoms with Crippen LogP contribution < -0.4 is 0 Å². The Morgan fingerprint density at radius 2 is 1.81 bits per heavy atom. The zero-order valence-corrected chi connectivity index (χ0v) is 15.1. The number of nitrogens with zero attached hydrogens (tertiary/aromatic N) is 3. The summed E-state index contributed by atoms with van der Waals surface area (Å²) in [7, 11) is 3.18. The highest BCUT2D eigenvalue weighted by atomic mass is 19.2. The molecule has 0 aliphatic carbocycles. The van der Waals surface area contributed by atoms with Gasteiger partial charge in [0.1, 0.15) is 5.41 Å². The normalized spacial score (nSPS) is 24.1. The lowest BCUT2D eigenvalue weighted by atomic mass is 9.81. The predicted octanol–water partition coefficient (Wildman–Crippen LogP) is 1.03. The minimum absolute atomic E-state index is 0.0160. The summed E-state index contributed by atoms with van der Waals surface area (Å²) in [4.78, 5) is 40.9. The Labute approximate surface area is 155 Å². The average molecular weight is 381 g/mol. The van der Waals surface area contributed by atoms with Gasteiger partial charge in [-0.05, 0) is 6.07 Å². The van der Waals surface area contributed by atoms with Crippen molar-refractivity contribution >= 4 is 17.9 Å². The van der Waals surface area contributed by atoms with Crippen LogP contribution in [0.5, 0.6) is 0 Å². The van der Waals surface area contributed by atoms with E-state index >= 15 is 0 Å². The molecule has 2 aliphatic rings. The van der Waals surface area contributed by atoms with E-state index in [1.807, 2.05) is 0 Å². The Bertz CT molecular complexity index is 801. The fourth-order valence-corrected chi connectivity index (χ4v) is 3.95. The van der Waals surface area contributed by atoms with E-state index in [1.54, 1.807) is 14.1 Å². The van der Waals surface area contributed by atoms with Gasteiger partial charge in [-0.25, -0.2) is 13.6 Å². The lowest BCUT2D eigenvalue weighted by Gasteiger charge is -2.27. The predicted molar refractivity (Wildman–Crippen MR) is 90.9 cm³/mol. The van der Waals surface area contributed by atoms with Crippen molar-refractivity contribution in [2.24, 2.45) is 11.3 Å². The second kappa shape index (κ2) is 6.79. The molecule has 0 saturated carbocycles. The van der Waals surface area contributed by atoms with Crippen LogP contribution in [-0.4, -0.2) is 78.0 Å². The summed E-state index contributed by atoms with van der Waals surface area (Å²) >= 11 is 0. The van der Waals surface area contributed by atoms with Gasteiger partial charge in [-0.3, -0.25) is 9.59 Å². The summed E-state index contributed by atoms with van der Waals surface area (Å²) < 4.78 is 27.1. The van der Waals surface area contributed by atoms with Crippen LogP contribution in [0.15, 0.2) is 18.2 Å². The number of amides is 3. The summed E-state index contributed by atoms with van der Waals surface area (Å²) in [6.07, 6.45) is -0.341. The molecule has 0 bridgehead atoms. The van der Waals surface area contributed by atoms with Crippen molar-refractivity contribution < 1.29 is 28.3 Å². The van der Waals surface area contributed by atoms with Crippen LogP contribution in [0, 0.1) is 23.0 Å². The van der Waals surface area contributed by atoms with Gasteiger partial charge in [0, 0.05) is 51.8 Å². The van der Waals surface area contributed by atoms with Crippen LogP contribution in [0.2, 0.25) is 0 Å². The molecule has 3 amide bonds. The number of carbonyl (C=O) groups is 3. The average Bonchev–Trinajstić information content (AvgIpc) is 3.13. The van der Waals surface area contributed by atoms with Crippen LogP contribution >= 0.6 is 0 Å². The molecule has 146 valence electrons.